The van der Waals surface area contributed by atoms with Gasteiger partial charge in [-0.25, -0.2) is 0 Å². The van der Waals surface area contributed by atoms with Crippen molar-refractivity contribution >= 4 is 5.91 Å². The molecule has 0 radical (unpaired) electrons. The normalized spacial score (nSPS) is 10.3. The predicted octanol–water partition coefficient (Wildman–Crippen LogP) is 3.28. The van der Waals surface area contributed by atoms with E-state index >= 15 is 0 Å². The summed E-state index contributed by atoms with van der Waals surface area (Å²) in [5.74, 6) is 0.806. The Morgan fingerprint density at radius 2 is 1.74 bits per heavy atom. The lowest BCUT2D eigenvalue weighted by molar-refractivity contribution is -0.122. The van der Waals surface area contributed by atoms with Crippen LogP contribution in [0.1, 0.15) is 13.3 Å². The lowest BCUT2D eigenvalue weighted by Crippen LogP contribution is -2.28. The maximum absolute atomic E-state index is 11.6. The molecule has 0 aliphatic rings. The quantitative estimate of drug-likeness (QED) is 0.723. The van der Waals surface area contributed by atoms with Gasteiger partial charge in [0.05, 0.1) is 13.2 Å². The third-order valence-corrected chi connectivity index (χ3v) is 3.33. The number of benzene rings is 2. The summed E-state index contributed by atoms with van der Waals surface area (Å²) in [5, 5.41) is 2.83. The molecule has 4 heteroatoms. The first-order valence-electron chi connectivity index (χ1n) is 7.93. The first kappa shape index (κ1) is 17.0. The minimum Gasteiger partial charge on any atom is -0.491 e. The average molecular weight is 313 g/mol. The van der Waals surface area contributed by atoms with E-state index in [1.54, 1.807) is 0 Å². The van der Waals surface area contributed by atoms with Crippen molar-refractivity contribution < 1.29 is 14.3 Å². The third kappa shape index (κ3) is 5.75. The van der Waals surface area contributed by atoms with Crippen molar-refractivity contribution in [1.82, 2.24) is 5.32 Å². The molecular formula is C19H23NO3. The molecular weight excluding hydrogens is 290 g/mol. The van der Waals surface area contributed by atoms with Crippen LogP contribution in [-0.2, 0) is 9.53 Å². The zero-order valence-corrected chi connectivity index (χ0v) is 13.5. The van der Waals surface area contributed by atoms with E-state index in [0.717, 1.165) is 16.9 Å². The van der Waals surface area contributed by atoms with Crippen molar-refractivity contribution in [3.8, 4) is 16.9 Å². The van der Waals surface area contributed by atoms with Gasteiger partial charge >= 0.3 is 0 Å². The predicted molar refractivity (Wildman–Crippen MR) is 91.5 cm³/mol. The van der Waals surface area contributed by atoms with Gasteiger partial charge in [-0.05, 0) is 18.6 Å². The molecule has 0 aliphatic carbocycles. The SMILES string of the molecule is CCOCCC(=O)NCCOc1ccccc1-c1ccccc1. The summed E-state index contributed by atoms with van der Waals surface area (Å²) < 4.78 is 11.0. The Morgan fingerprint density at radius 3 is 2.52 bits per heavy atom. The molecule has 0 heterocycles. The minimum atomic E-state index is -0.0154. The standard InChI is InChI=1S/C19H23NO3/c1-2-22-14-12-19(21)20-13-15-23-18-11-7-6-10-17(18)16-8-4-3-5-9-16/h3-11H,2,12-15H2,1H3,(H,20,21). The Hall–Kier alpha value is -2.33. The Morgan fingerprint density at radius 1 is 1.00 bits per heavy atom. The van der Waals surface area contributed by atoms with Crippen LogP contribution in [0.15, 0.2) is 54.6 Å². The fourth-order valence-electron chi connectivity index (χ4n) is 2.20. The van der Waals surface area contributed by atoms with E-state index in [9.17, 15) is 4.79 Å². The fraction of sp³-hybridized carbons (Fsp3) is 0.316. The van der Waals surface area contributed by atoms with Gasteiger partial charge in [0.1, 0.15) is 12.4 Å². The highest BCUT2D eigenvalue weighted by atomic mass is 16.5. The zero-order valence-electron chi connectivity index (χ0n) is 13.5. The van der Waals surface area contributed by atoms with E-state index in [-0.39, 0.29) is 5.91 Å². The van der Waals surface area contributed by atoms with Crippen molar-refractivity contribution in [2.75, 3.05) is 26.4 Å². The van der Waals surface area contributed by atoms with Crippen LogP contribution >= 0.6 is 0 Å². The highest BCUT2D eigenvalue weighted by Gasteiger charge is 2.05. The fourth-order valence-corrected chi connectivity index (χ4v) is 2.20. The van der Waals surface area contributed by atoms with Gasteiger partial charge in [-0.2, -0.15) is 0 Å². The van der Waals surface area contributed by atoms with Crippen LogP contribution in [0.2, 0.25) is 0 Å². The van der Waals surface area contributed by atoms with Gasteiger partial charge in [-0.15, -0.1) is 0 Å². The molecule has 0 saturated carbocycles. The summed E-state index contributed by atoms with van der Waals surface area (Å²) in [6, 6.07) is 18.0. The van der Waals surface area contributed by atoms with Crippen LogP contribution in [0.4, 0.5) is 0 Å². The molecule has 1 N–H and O–H groups in total. The van der Waals surface area contributed by atoms with Gasteiger partial charge in [-0.3, -0.25) is 4.79 Å². The van der Waals surface area contributed by atoms with Gasteiger partial charge in [0.15, 0.2) is 0 Å². The number of ether oxygens (including phenoxy) is 2. The maximum Gasteiger partial charge on any atom is 0.222 e. The first-order chi connectivity index (χ1) is 11.3. The molecule has 2 rings (SSSR count). The van der Waals surface area contributed by atoms with Crippen LogP contribution in [-0.4, -0.2) is 32.3 Å². The number of para-hydroxylation sites is 1. The molecule has 0 spiro atoms. The second kappa shape index (κ2) is 9.64. The van der Waals surface area contributed by atoms with Gasteiger partial charge in [-0.1, -0.05) is 48.5 Å². The largest absolute Gasteiger partial charge is 0.491 e. The lowest BCUT2D eigenvalue weighted by Gasteiger charge is -2.12. The van der Waals surface area contributed by atoms with E-state index < -0.39 is 0 Å². The van der Waals surface area contributed by atoms with Gasteiger partial charge in [0.25, 0.3) is 0 Å². The highest BCUT2D eigenvalue weighted by molar-refractivity contribution is 5.76. The third-order valence-electron chi connectivity index (χ3n) is 3.33. The van der Waals surface area contributed by atoms with E-state index in [1.807, 2.05) is 49.4 Å². The number of amides is 1. The summed E-state index contributed by atoms with van der Waals surface area (Å²) in [6.07, 6.45) is 0.383. The number of nitrogens with one attached hydrogen (secondary N) is 1. The average Bonchev–Trinajstić information content (AvgIpc) is 2.60. The maximum atomic E-state index is 11.6. The molecule has 0 fully saturated rings. The molecule has 0 unspecified atom stereocenters. The second-order valence-electron chi connectivity index (χ2n) is 5.01. The summed E-state index contributed by atoms with van der Waals surface area (Å²) in [5.41, 5.74) is 2.17. The van der Waals surface area contributed by atoms with Crippen molar-refractivity contribution in [3.63, 3.8) is 0 Å². The molecule has 122 valence electrons. The topological polar surface area (TPSA) is 47.6 Å². The van der Waals surface area contributed by atoms with Crippen molar-refractivity contribution in [2.24, 2.45) is 0 Å². The zero-order chi connectivity index (χ0) is 16.3. The second-order valence-corrected chi connectivity index (χ2v) is 5.01. The number of carbonyl (C=O) groups excluding carboxylic acids is 1. The van der Waals surface area contributed by atoms with Crippen molar-refractivity contribution in [1.29, 1.82) is 0 Å². The summed E-state index contributed by atoms with van der Waals surface area (Å²) in [6.45, 7) is 3.92. The van der Waals surface area contributed by atoms with Crippen LogP contribution in [0.25, 0.3) is 11.1 Å². The molecule has 23 heavy (non-hydrogen) atoms. The number of hydrogen-bond donors (Lipinski definition) is 1. The van der Waals surface area contributed by atoms with Crippen molar-refractivity contribution in [2.45, 2.75) is 13.3 Å². The Balaban J connectivity index is 1.82. The van der Waals surface area contributed by atoms with Gasteiger partial charge in [0, 0.05) is 18.6 Å². The molecule has 1 amide bonds. The molecule has 2 aromatic rings. The Bertz CT molecular complexity index is 599. The Labute approximate surface area is 137 Å². The van der Waals surface area contributed by atoms with Crippen LogP contribution in [0.5, 0.6) is 5.75 Å². The molecule has 0 bridgehead atoms. The first-order valence-corrected chi connectivity index (χ1v) is 7.93. The number of hydrogen-bond acceptors (Lipinski definition) is 3. The number of carbonyl (C=O) groups is 1. The van der Waals surface area contributed by atoms with E-state index in [2.05, 4.69) is 17.4 Å². The number of rotatable bonds is 9. The molecule has 0 atom stereocenters. The van der Waals surface area contributed by atoms with Crippen LogP contribution in [0, 0.1) is 0 Å². The van der Waals surface area contributed by atoms with E-state index in [1.165, 1.54) is 0 Å². The monoisotopic (exact) mass is 313 g/mol. The van der Waals surface area contributed by atoms with E-state index in [4.69, 9.17) is 9.47 Å². The Kier molecular flexibility index (Phi) is 7.14. The molecule has 0 aliphatic heterocycles. The van der Waals surface area contributed by atoms with E-state index in [0.29, 0.717) is 32.8 Å². The molecule has 0 saturated heterocycles. The smallest absolute Gasteiger partial charge is 0.222 e. The molecule has 0 aromatic heterocycles. The summed E-state index contributed by atoms with van der Waals surface area (Å²) in [4.78, 5) is 11.6. The van der Waals surface area contributed by atoms with Gasteiger partial charge in [0.2, 0.25) is 5.91 Å². The summed E-state index contributed by atoms with van der Waals surface area (Å²) >= 11 is 0. The molecule has 4 nitrogen and oxygen atoms in total. The highest BCUT2D eigenvalue weighted by Crippen LogP contribution is 2.29. The summed E-state index contributed by atoms with van der Waals surface area (Å²) in [7, 11) is 0. The van der Waals surface area contributed by atoms with Crippen molar-refractivity contribution in [3.05, 3.63) is 54.6 Å². The van der Waals surface area contributed by atoms with Crippen LogP contribution in [0.3, 0.4) is 0 Å². The minimum absolute atomic E-state index is 0.0154. The molecule has 2 aromatic carbocycles. The van der Waals surface area contributed by atoms with Gasteiger partial charge < -0.3 is 14.8 Å². The lowest BCUT2D eigenvalue weighted by atomic mass is 10.1. The van der Waals surface area contributed by atoms with Crippen LogP contribution < -0.4 is 10.1 Å².